The fourth-order valence-electron chi connectivity index (χ4n) is 4.42. The Kier molecular flexibility index (Phi) is 8.25. The minimum absolute atomic E-state index is 0.0627. The Hall–Kier alpha value is -2.69. The minimum Gasteiger partial charge on any atom is -0.325 e. The number of carbonyl (C=O) groups excluding carboxylic acids is 2. The highest BCUT2D eigenvalue weighted by Crippen LogP contribution is 2.32. The van der Waals surface area contributed by atoms with E-state index in [1.165, 1.54) is 22.5 Å². The molecule has 3 heterocycles. The van der Waals surface area contributed by atoms with E-state index in [1.54, 1.807) is 6.07 Å². The van der Waals surface area contributed by atoms with Gasteiger partial charge in [0, 0.05) is 18.0 Å². The van der Waals surface area contributed by atoms with Gasteiger partial charge in [0.25, 0.3) is 0 Å². The second-order valence-corrected chi connectivity index (χ2v) is 9.93. The zero-order valence-corrected chi connectivity index (χ0v) is 20.1. The summed E-state index contributed by atoms with van der Waals surface area (Å²) >= 11 is 1.34. The van der Waals surface area contributed by atoms with Gasteiger partial charge in [0.2, 0.25) is 5.91 Å². The lowest BCUT2D eigenvalue weighted by atomic mass is 9.97. The molecule has 4 rings (SSSR count). The molecule has 0 bridgehead atoms. The molecule has 1 aromatic carbocycles. The third-order valence-corrected chi connectivity index (χ3v) is 7.32. The number of nitrogens with zero attached hydrogens (tertiary/aromatic N) is 1. The van der Waals surface area contributed by atoms with Gasteiger partial charge in [-0.25, -0.2) is 0 Å². The molecular weight excluding hydrogens is 477 g/mol. The van der Waals surface area contributed by atoms with E-state index in [0.29, 0.717) is 35.8 Å². The molecule has 1 saturated heterocycles. The van der Waals surface area contributed by atoms with Crippen molar-refractivity contribution in [3.63, 3.8) is 0 Å². The van der Waals surface area contributed by atoms with Crippen LogP contribution in [0.3, 0.4) is 0 Å². The van der Waals surface area contributed by atoms with Gasteiger partial charge in [-0.2, -0.15) is 13.2 Å². The molecule has 35 heavy (non-hydrogen) atoms. The summed E-state index contributed by atoms with van der Waals surface area (Å²) in [6.45, 7) is 2.51. The largest absolute Gasteiger partial charge is 0.471 e. The minimum atomic E-state index is -5.01. The van der Waals surface area contributed by atoms with E-state index >= 15 is 0 Å². The number of hydrogen-bond donors (Lipinski definition) is 3. The molecule has 6 nitrogen and oxygen atoms in total. The van der Waals surface area contributed by atoms with E-state index in [1.807, 2.05) is 18.2 Å². The summed E-state index contributed by atoms with van der Waals surface area (Å²) in [5.41, 5.74) is 3.49. The summed E-state index contributed by atoms with van der Waals surface area (Å²) < 4.78 is 39.4. The molecule has 188 valence electrons. The van der Waals surface area contributed by atoms with Crippen LogP contribution in [-0.4, -0.2) is 62.2 Å². The Morgan fingerprint density at radius 1 is 1.00 bits per heavy atom. The van der Waals surface area contributed by atoms with Gasteiger partial charge in [0.15, 0.2) is 0 Å². The first-order chi connectivity index (χ1) is 16.8. The maximum Gasteiger partial charge on any atom is 0.471 e. The van der Waals surface area contributed by atoms with Crippen molar-refractivity contribution in [2.75, 3.05) is 44.6 Å². The summed E-state index contributed by atoms with van der Waals surface area (Å²) in [5, 5.41) is 9.63. The fraction of sp³-hybridized carbons (Fsp3) is 0.440. The van der Waals surface area contributed by atoms with E-state index in [9.17, 15) is 22.8 Å². The molecule has 1 aromatic heterocycles. The van der Waals surface area contributed by atoms with Crippen molar-refractivity contribution in [1.29, 1.82) is 0 Å². The lowest BCUT2D eigenvalue weighted by Gasteiger charge is -2.30. The topological polar surface area (TPSA) is 73.5 Å². The van der Waals surface area contributed by atoms with Crippen molar-refractivity contribution in [1.82, 2.24) is 15.5 Å². The Morgan fingerprint density at radius 2 is 1.71 bits per heavy atom. The standard InChI is InChI=1S/C25H29F3N4O2S/c26-25(27,28)24(34)32(15-17-7-11-29-12-8-17)16-22(33)31-23-6-5-21(35-23)20-3-1-18(2-4-20)19-9-13-30-14-10-19/h1-6,9,17,29-30H,7-8,10-16H2,(H,31,33). The van der Waals surface area contributed by atoms with Crippen molar-refractivity contribution in [2.24, 2.45) is 5.92 Å². The number of hydrogen-bond acceptors (Lipinski definition) is 5. The maximum absolute atomic E-state index is 13.1. The maximum atomic E-state index is 13.1. The van der Waals surface area contributed by atoms with E-state index in [2.05, 4.69) is 34.2 Å². The Labute approximate surface area is 206 Å². The zero-order chi connectivity index (χ0) is 24.8. The van der Waals surface area contributed by atoms with Crippen molar-refractivity contribution >= 4 is 33.7 Å². The molecule has 2 amide bonds. The number of alkyl halides is 3. The first kappa shape index (κ1) is 25.4. The van der Waals surface area contributed by atoms with Crippen LogP contribution in [0.25, 0.3) is 16.0 Å². The predicted octanol–water partition coefficient (Wildman–Crippen LogP) is 4.12. The Bertz CT molecular complexity index is 1060. The molecular formula is C25H29F3N4O2S. The van der Waals surface area contributed by atoms with Gasteiger partial charge in [0.05, 0.1) is 5.00 Å². The van der Waals surface area contributed by atoms with Gasteiger partial charge in [-0.05, 0) is 73.6 Å². The highest BCUT2D eigenvalue weighted by molar-refractivity contribution is 7.19. The van der Waals surface area contributed by atoms with E-state index in [0.717, 1.165) is 30.0 Å². The first-order valence-corrected chi connectivity index (χ1v) is 12.6. The average molecular weight is 507 g/mol. The summed E-state index contributed by atoms with van der Waals surface area (Å²) in [5.74, 6) is -2.67. The van der Waals surface area contributed by atoms with E-state index < -0.39 is 24.5 Å². The van der Waals surface area contributed by atoms with Crippen LogP contribution in [0.15, 0.2) is 42.5 Å². The number of benzene rings is 1. The summed E-state index contributed by atoms with van der Waals surface area (Å²) in [4.78, 5) is 26.1. The number of thiophene rings is 1. The number of amides is 2. The summed E-state index contributed by atoms with van der Waals surface area (Å²) in [6.07, 6.45) is -0.496. The van der Waals surface area contributed by atoms with Crippen LogP contribution < -0.4 is 16.0 Å². The number of nitrogens with one attached hydrogen (secondary N) is 3. The smallest absolute Gasteiger partial charge is 0.325 e. The van der Waals surface area contributed by atoms with Crippen molar-refractivity contribution in [2.45, 2.75) is 25.4 Å². The lowest BCUT2D eigenvalue weighted by molar-refractivity contribution is -0.186. The normalized spacial score (nSPS) is 17.1. The second-order valence-electron chi connectivity index (χ2n) is 8.85. The molecule has 3 N–H and O–H groups in total. The number of carbonyl (C=O) groups is 2. The summed E-state index contributed by atoms with van der Waals surface area (Å²) in [7, 11) is 0. The van der Waals surface area contributed by atoms with Crippen LogP contribution in [0.5, 0.6) is 0 Å². The molecule has 0 spiro atoms. The van der Waals surface area contributed by atoms with Crippen LogP contribution in [0.2, 0.25) is 0 Å². The third-order valence-electron chi connectivity index (χ3n) is 6.27. The van der Waals surface area contributed by atoms with Crippen LogP contribution in [0, 0.1) is 5.92 Å². The van der Waals surface area contributed by atoms with Crippen LogP contribution >= 0.6 is 11.3 Å². The predicted molar refractivity (Wildman–Crippen MR) is 132 cm³/mol. The summed E-state index contributed by atoms with van der Waals surface area (Å²) in [6, 6.07) is 11.8. The van der Waals surface area contributed by atoms with Crippen LogP contribution in [0.4, 0.5) is 18.2 Å². The molecule has 2 aliphatic heterocycles. The quantitative estimate of drug-likeness (QED) is 0.528. The zero-order valence-electron chi connectivity index (χ0n) is 19.3. The Balaban J connectivity index is 1.38. The van der Waals surface area contributed by atoms with Crippen molar-refractivity contribution in [3.05, 3.63) is 48.0 Å². The monoisotopic (exact) mass is 506 g/mol. The van der Waals surface area contributed by atoms with Gasteiger partial charge in [-0.3, -0.25) is 9.59 Å². The number of anilines is 1. The molecule has 10 heteroatoms. The van der Waals surface area contributed by atoms with Gasteiger partial charge < -0.3 is 20.9 Å². The molecule has 2 aromatic rings. The molecule has 0 radical (unpaired) electrons. The molecule has 0 unspecified atom stereocenters. The molecule has 1 fully saturated rings. The van der Waals surface area contributed by atoms with Gasteiger partial charge in [-0.15, -0.1) is 11.3 Å². The molecule has 0 atom stereocenters. The van der Waals surface area contributed by atoms with Gasteiger partial charge in [0.1, 0.15) is 6.54 Å². The van der Waals surface area contributed by atoms with Gasteiger partial charge >= 0.3 is 12.1 Å². The molecule has 0 aliphatic carbocycles. The van der Waals surface area contributed by atoms with E-state index in [-0.39, 0.29) is 12.5 Å². The highest BCUT2D eigenvalue weighted by atomic mass is 32.1. The number of piperidine rings is 1. The SMILES string of the molecule is O=C(CN(CC1CCNCC1)C(=O)C(F)(F)F)Nc1ccc(-c2ccc(C3=CCNCC3)cc2)s1. The lowest BCUT2D eigenvalue weighted by Crippen LogP contribution is -2.48. The van der Waals surface area contributed by atoms with Crippen LogP contribution in [-0.2, 0) is 9.59 Å². The fourth-order valence-corrected chi connectivity index (χ4v) is 5.35. The Morgan fingerprint density at radius 3 is 2.37 bits per heavy atom. The first-order valence-electron chi connectivity index (χ1n) is 11.8. The van der Waals surface area contributed by atoms with Crippen LogP contribution in [0.1, 0.15) is 24.8 Å². The highest BCUT2D eigenvalue weighted by Gasteiger charge is 2.43. The van der Waals surface area contributed by atoms with Crippen molar-refractivity contribution < 1.29 is 22.8 Å². The van der Waals surface area contributed by atoms with Gasteiger partial charge in [-0.1, -0.05) is 30.3 Å². The molecule has 2 aliphatic rings. The second kappa shape index (κ2) is 11.4. The average Bonchev–Trinajstić information content (AvgIpc) is 3.32. The van der Waals surface area contributed by atoms with Crippen molar-refractivity contribution in [3.8, 4) is 10.4 Å². The third kappa shape index (κ3) is 6.93. The number of halogens is 3. The molecule has 0 saturated carbocycles. The number of rotatable bonds is 7. The van der Waals surface area contributed by atoms with E-state index in [4.69, 9.17) is 0 Å².